The molecule has 1 aromatic rings. The van der Waals surface area contributed by atoms with E-state index in [1.165, 1.54) is 12.1 Å². The summed E-state index contributed by atoms with van der Waals surface area (Å²) in [7, 11) is 0. The third kappa shape index (κ3) is 2.76. The summed E-state index contributed by atoms with van der Waals surface area (Å²) in [6.07, 6.45) is -5.78. The van der Waals surface area contributed by atoms with Gasteiger partial charge in [0.05, 0.1) is 0 Å². The molecule has 0 aliphatic carbocycles. The van der Waals surface area contributed by atoms with Gasteiger partial charge in [-0.05, 0) is 19.4 Å². The minimum atomic E-state index is -5.78. The van der Waals surface area contributed by atoms with Crippen LogP contribution in [0.25, 0.3) is 0 Å². The average Bonchev–Trinajstić information content (AvgIpc) is 2.26. The summed E-state index contributed by atoms with van der Waals surface area (Å²) in [5, 5.41) is 1.73. The van der Waals surface area contributed by atoms with Crippen LogP contribution in [0.15, 0.2) is 24.3 Å². The van der Waals surface area contributed by atoms with Crippen LogP contribution in [-0.2, 0) is 10.3 Å². The summed E-state index contributed by atoms with van der Waals surface area (Å²) in [5.41, 5.74) is -2.49. The average molecular weight is 295 g/mol. The first-order chi connectivity index (χ1) is 8.92. The summed E-state index contributed by atoms with van der Waals surface area (Å²) < 4.78 is 65.5. The number of carbonyl (C=O) groups is 1. The van der Waals surface area contributed by atoms with E-state index in [0.29, 0.717) is 12.5 Å². The Bertz CT molecular complexity index is 494. The second kappa shape index (κ2) is 5.03. The molecular weight excluding hydrogens is 281 g/mol. The topological polar surface area (TPSA) is 29.1 Å². The Balaban J connectivity index is 3.44. The van der Waals surface area contributed by atoms with E-state index in [0.717, 1.165) is 19.1 Å². The smallest absolute Gasteiger partial charge is 0.341 e. The molecule has 0 aliphatic heterocycles. The molecule has 7 heteroatoms. The second-order valence-electron chi connectivity index (χ2n) is 4.74. The lowest BCUT2D eigenvalue weighted by Gasteiger charge is -2.39. The van der Waals surface area contributed by atoms with E-state index < -0.39 is 23.5 Å². The van der Waals surface area contributed by atoms with Gasteiger partial charge in [-0.1, -0.05) is 29.8 Å². The van der Waals surface area contributed by atoms with Gasteiger partial charge in [0.15, 0.2) is 0 Å². The lowest BCUT2D eigenvalue weighted by atomic mass is 9.84. The minimum Gasteiger partial charge on any atom is -0.341 e. The maximum atomic E-state index is 13.8. The number of halogens is 5. The molecular formula is C13H14F5NO. The van der Waals surface area contributed by atoms with E-state index in [9.17, 15) is 26.7 Å². The van der Waals surface area contributed by atoms with Crippen molar-refractivity contribution < 1.29 is 26.7 Å². The fraction of sp³-hybridized carbons (Fsp3) is 0.462. The third-order valence-corrected chi connectivity index (χ3v) is 3.04. The van der Waals surface area contributed by atoms with Crippen LogP contribution in [-0.4, -0.2) is 18.0 Å². The molecule has 20 heavy (non-hydrogen) atoms. The number of carbonyl (C=O) groups excluding carboxylic acids is 1. The van der Waals surface area contributed by atoms with Crippen molar-refractivity contribution in [3.05, 3.63) is 35.4 Å². The van der Waals surface area contributed by atoms with Crippen LogP contribution >= 0.6 is 0 Å². The van der Waals surface area contributed by atoms with Crippen molar-refractivity contribution in [2.75, 3.05) is 0 Å². The molecule has 1 atom stereocenters. The molecule has 0 saturated heterocycles. The largest absolute Gasteiger partial charge is 0.456 e. The molecule has 2 nitrogen and oxygen atoms in total. The maximum Gasteiger partial charge on any atom is 0.456 e. The number of hydrogen-bond donors (Lipinski definition) is 1. The van der Waals surface area contributed by atoms with E-state index in [4.69, 9.17) is 0 Å². The van der Waals surface area contributed by atoms with E-state index in [1.54, 1.807) is 12.2 Å². The first kappa shape index (κ1) is 16.4. The summed E-state index contributed by atoms with van der Waals surface area (Å²) in [4.78, 5) is 11.1. The van der Waals surface area contributed by atoms with Crippen LogP contribution in [0.5, 0.6) is 0 Å². The zero-order valence-electron chi connectivity index (χ0n) is 11.1. The van der Waals surface area contributed by atoms with Gasteiger partial charge in [-0.3, -0.25) is 4.79 Å². The van der Waals surface area contributed by atoms with Gasteiger partial charge in [-0.15, -0.1) is 0 Å². The zero-order chi connectivity index (χ0) is 15.8. The molecule has 1 aromatic carbocycles. The van der Waals surface area contributed by atoms with Crippen LogP contribution in [0.1, 0.15) is 25.0 Å². The number of benzene rings is 1. The highest BCUT2D eigenvalue weighted by Gasteiger charge is 2.69. The van der Waals surface area contributed by atoms with Crippen LogP contribution in [0.2, 0.25) is 0 Å². The fourth-order valence-electron chi connectivity index (χ4n) is 1.85. The summed E-state index contributed by atoms with van der Waals surface area (Å²) >= 11 is 0. The Morgan fingerprint density at radius 1 is 1.05 bits per heavy atom. The number of hydrogen-bond acceptors (Lipinski definition) is 1. The van der Waals surface area contributed by atoms with E-state index in [-0.39, 0.29) is 5.56 Å². The molecule has 0 aliphatic rings. The molecule has 1 amide bonds. The molecule has 0 bridgehead atoms. The Labute approximate surface area is 113 Å². The minimum absolute atomic E-state index is 0.319. The lowest BCUT2D eigenvalue weighted by Crippen LogP contribution is -2.61. The van der Waals surface area contributed by atoms with Crippen molar-refractivity contribution in [3.63, 3.8) is 0 Å². The molecule has 1 rings (SSSR count). The molecule has 1 N–H and O–H groups in total. The Kier molecular flexibility index (Phi) is 4.12. The molecule has 112 valence electrons. The second-order valence-corrected chi connectivity index (χ2v) is 4.74. The maximum absolute atomic E-state index is 13.8. The van der Waals surface area contributed by atoms with Gasteiger partial charge in [0.1, 0.15) is 5.54 Å². The van der Waals surface area contributed by atoms with Gasteiger partial charge in [-0.25, -0.2) is 0 Å². The summed E-state index contributed by atoms with van der Waals surface area (Å²) in [6, 6.07) is 5.10. The predicted octanol–water partition coefficient (Wildman–Crippen LogP) is 3.54. The summed E-state index contributed by atoms with van der Waals surface area (Å²) in [5.74, 6) is -6.09. The Morgan fingerprint density at radius 3 is 1.85 bits per heavy atom. The molecule has 0 radical (unpaired) electrons. The number of amides is 1. The Hall–Kier alpha value is -1.66. The fourth-order valence-corrected chi connectivity index (χ4v) is 1.85. The van der Waals surface area contributed by atoms with Crippen molar-refractivity contribution in [1.29, 1.82) is 0 Å². The molecule has 0 aromatic heterocycles. The summed E-state index contributed by atoms with van der Waals surface area (Å²) in [6.45, 7) is 3.22. The van der Waals surface area contributed by atoms with E-state index in [2.05, 4.69) is 0 Å². The van der Waals surface area contributed by atoms with Gasteiger partial charge >= 0.3 is 12.1 Å². The van der Waals surface area contributed by atoms with Crippen molar-refractivity contribution in [2.45, 2.75) is 38.4 Å². The molecule has 0 spiro atoms. The molecule has 0 saturated carbocycles. The normalized spacial score (nSPS) is 15.6. The quantitative estimate of drug-likeness (QED) is 0.849. The highest BCUT2D eigenvalue weighted by atomic mass is 19.4. The molecule has 0 heterocycles. The highest BCUT2D eigenvalue weighted by Crippen LogP contribution is 2.48. The molecule has 1 unspecified atom stereocenters. The monoisotopic (exact) mass is 295 g/mol. The Morgan fingerprint density at radius 2 is 1.50 bits per heavy atom. The van der Waals surface area contributed by atoms with Crippen molar-refractivity contribution in [3.8, 4) is 0 Å². The van der Waals surface area contributed by atoms with Crippen molar-refractivity contribution in [2.24, 2.45) is 0 Å². The number of aryl methyl sites for hydroxylation is 1. The van der Waals surface area contributed by atoms with Gasteiger partial charge in [0, 0.05) is 6.92 Å². The lowest BCUT2D eigenvalue weighted by molar-refractivity contribution is -0.311. The van der Waals surface area contributed by atoms with Gasteiger partial charge < -0.3 is 5.32 Å². The van der Waals surface area contributed by atoms with Crippen LogP contribution < -0.4 is 5.32 Å². The standard InChI is InChI=1S/C13H14F5NO/c1-8-4-6-10(7-5-8)11(3,19-9(2)20)12(14,15)13(16,17)18/h4-7H,1-3H3,(H,19,20). The van der Waals surface area contributed by atoms with Crippen LogP contribution in [0.4, 0.5) is 22.0 Å². The SMILES string of the molecule is CC(=O)NC(C)(c1ccc(C)cc1)C(F)(F)C(F)(F)F. The number of nitrogens with one attached hydrogen (secondary N) is 1. The van der Waals surface area contributed by atoms with Crippen molar-refractivity contribution >= 4 is 5.91 Å². The number of alkyl halides is 5. The van der Waals surface area contributed by atoms with Crippen LogP contribution in [0.3, 0.4) is 0 Å². The van der Waals surface area contributed by atoms with Gasteiger partial charge in [-0.2, -0.15) is 22.0 Å². The zero-order valence-corrected chi connectivity index (χ0v) is 11.1. The first-order valence-electron chi connectivity index (χ1n) is 5.72. The van der Waals surface area contributed by atoms with Gasteiger partial charge in [0.25, 0.3) is 0 Å². The number of rotatable bonds is 3. The van der Waals surface area contributed by atoms with Crippen molar-refractivity contribution in [1.82, 2.24) is 5.32 Å². The third-order valence-electron chi connectivity index (χ3n) is 3.04. The first-order valence-corrected chi connectivity index (χ1v) is 5.72. The predicted molar refractivity (Wildman–Crippen MR) is 63.3 cm³/mol. The van der Waals surface area contributed by atoms with Crippen LogP contribution in [0, 0.1) is 6.92 Å². The highest BCUT2D eigenvalue weighted by molar-refractivity contribution is 5.74. The van der Waals surface area contributed by atoms with E-state index in [1.807, 2.05) is 0 Å². The molecule has 0 fully saturated rings. The van der Waals surface area contributed by atoms with Gasteiger partial charge in [0.2, 0.25) is 5.91 Å². The van der Waals surface area contributed by atoms with E-state index >= 15 is 0 Å².